The fourth-order valence-corrected chi connectivity index (χ4v) is 0.790. The van der Waals surface area contributed by atoms with E-state index in [0.29, 0.717) is 21.4 Å². The summed E-state index contributed by atoms with van der Waals surface area (Å²) in [5, 5.41) is 0. The summed E-state index contributed by atoms with van der Waals surface area (Å²) in [5.41, 5.74) is 0.199. The Morgan fingerprint density at radius 1 is 1.33 bits per heavy atom. The quantitative estimate of drug-likeness (QED) is 0.558. The highest BCUT2D eigenvalue weighted by molar-refractivity contribution is 7.57. The highest BCUT2D eigenvalue weighted by Gasteiger charge is 1.99. The van der Waals surface area contributed by atoms with Crippen LogP contribution in [0.25, 0.3) is 0 Å². The Hall–Kier alpha value is -0.230. The second-order valence-electron chi connectivity index (χ2n) is 1.88. The van der Waals surface area contributed by atoms with Gasteiger partial charge in [-0.2, -0.15) is 0 Å². The molecule has 52 valence electrons. The summed E-state index contributed by atoms with van der Waals surface area (Å²) in [4.78, 5) is 20.9. The summed E-state index contributed by atoms with van der Waals surface area (Å²) in [7, 11) is 0.340. The van der Waals surface area contributed by atoms with Gasteiger partial charge in [0.1, 0.15) is 5.78 Å². The lowest BCUT2D eigenvalue weighted by Gasteiger charge is -1.91. The molecule has 0 fully saturated rings. The molecule has 0 spiro atoms. The summed E-state index contributed by atoms with van der Waals surface area (Å²) < 4.78 is 0. The van der Waals surface area contributed by atoms with Gasteiger partial charge in [-0.15, -0.1) is 0 Å². The first-order valence-electron chi connectivity index (χ1n) is 2.87. The third-order valence-electron chi connectivity index (χ3n) is 0.983. The molecule has 3 heteroatoms. The average molecular weight is 146 g/mol. The van der Waals surface area contributed by atoms with Crippen LogP contribution in [0.5, 0.6) is 0 Å². The van der Waals surface area contributed by atoms with E-state index in [9.17, 15) is 9.59 Å². The van der Waals surface area contributed by atoms with Crippen molar-refractivity contribution in [3.8, 4) is 0 Å². The number of Topliss-reactive ketones (excluding diaryl/α,β-unsaturated/α-hetero) is 1. The van der Waals surface area contributed by atoms with Crippen LogP contribution in [-0.4, -0.2) is 18.0 Å². The highest BCUT2D eigenvalue weighted by Crippen LogP contribution is 2.08. The third-order valence-corrected chi connectivity index (χ3v) is 1.79. The molecular weight excluding hydrogens is 135 g/mol. The molecule has 0 heterocycles. The second kappa shape index (κ2) is 4.63. The van der Waals surface area contributed by atoms with E-state index in [0.717, 1.165) is 0 Å². The highest BCUT2D eigenvalue weighted by atomic mass is 31.1. The first kappa shape index (κ1) is 8.77. The van der Waals surface area contributed by atoms with Crippen LogP contribution < -0.4 is 0 Å². The van der Waals surface area contributed by atoms with E-state index in [1.165, 1.54) is 6.92 Å². The lowest BCUT2D eigenvalue weighted by molar-refractivity contribution is -0.119. The van der Waals surface area contributed by atoms with Gasteiger partial charge in [-0.1, -0.05) is 8.58 Å². The maximum Gasteiger partial charge on any atom is 0.151 e. The van der Waals surface area contributed by atoms with E-state index in [1.54, 1.807) is 0 Å². The van der Waals surface area contributed by atoms with Gasteiger partial charge in [0, 0.05) is 12.8 Å². The molecule has 0 aliphatic rings. The molecule has 0 aliphatic carbocycles. The van der Waals surface area contributed by atoms with Crippen LogP contribution in [-0.2, 0) is 9.59 Å². The van der Waals surface area contributed by atoms with Gasteiger partial charge < -0.3 is 4.79 Å². The van der Waals surface area contributed by atoms with Crippen molar-refractivity contribution in [3.05, 3.63) is 0 Å². The van der Waals surface area contributed by atoms with Gasteiger partial charge in [0.2, 0.25) is 0 Å². The predicted molar refractivity (Wildman–Crippen MR) is 39.2 cm³/mol. The van der Waals surface area contributed by atoms with Crippen molar-refractivity contribution in [2.75, 3.05) is 6.66 Å². The third kappa shape index (κ3) is 5.64. The number of carbonyl (C=O) groups excluding carboxylic acids is 2. The Labute approximate surface area is 56.8 Å². The monoisotopic (exact) mass is 146 g/mol. The molecule has 0 aromatic carbocycles. The van der Waals surface area contributed by atoms with Crippen molar-refractivity contribution in [2.45, 2.75) is 19.8 Å². The van der Waals surface area contributed by atoms with E-state index in [4.69, 9.17) is 0 Å². The van der Waals surface area contributed by atoms with Gasteiger partial charge in [0.25, 0.3) is 0 Å². The molecule has 0 saturated heterocycles. The fraction of sp³-hybridized carbons (Fsp3) is 0.667. The van der Waals surface area contributed by atoms with Gasteiger partial charge in [0.05, 0.1) is 0 Å². The van der Waals surface area contributed by atoms with Crippen LogP contribution in [0.3, 0.4) is 0 Å². The van der Waals surface area contributed by atoms with Gasteiger partial charge >= 0.3 is 0 Å². The molecular formula is C6H11O2P. The van der Waals surface area contributed by atoms with E-state index < -0.39 is 0 Å². The summed E-state index contributed by atoms with van der Waals surface area (Å²) in [6.45, 7) is 3.34. The zero-order chi connectivity index (χ0) is 7.28. The lowest BCUT2D eigenvalue weighted by Crippen LogP contribution is -1.94. The Balaban J connectivity index is 3.28. The second-order valence-corrected chi connectivity index (χ2v) is 2.93. The molecule has 0 N–H and O–H groups in total. The van der Waals surface area contributed by atoms with Gasteiger partial charge in [-0.25, -0.2) is 0 Å². The molecule has 2 nitrogen and oxygen atoms in total. The summed E-state index contributed by atoms with van der Waals surface area (Å²) in [5.74, 6) is 0.0987. The SMILES string of the molecule is CPC(=O)CCC(C)=O. The molecule has 1 unspecified atom stereocenters. The Bertz CT molecular complexity index is 120. The van der Waals surface area contributed by atoms with E-state index in [2.05, 4.69) is 0 Å². The lowest BCUT2D eigenvalue weighted by atomic mass is 10.2. The molecule has 0 aromatic rings. The normalized spacial score (nSPS) is 10.4. The molecule has 0 rings (SSSR count). The molecule has 0 aliphatic heterocycles. The molecule has 1 atom stereocenters. The van der Waals surface area contributed by atoms with E-state index in [-0.39, 0.29) is 11.3 Å². The van der Waals surface area contributed by atoms with Crippen LogP contribution >= 0.6 is 8.58 Å². The Kier molecular flexibility index (Phi) is 4.51. The zero-order valence-electron chi connectivity index (χ0n) is 5.73. The molecule has 0 saturated carbocycles. The largest absolute Gasteiger partial charge is 0.300 e. The van der Waals surface area contributed by atoms with Crippen LogP contribution in [0.1, 0.15) is 19.8 Å². The van der Waals surface area contributed by atoms with Crippen molar-refractivity contribution >= 4 is 19.9 Å². The van der Waals surface area contributed by atoms with Crippen molar-refractivity contribution in [2.24, 2.45) is 0 Å². The summed E-state index contributed by atoms with van der Waals surface area (Å²) in [6, 6.07) is 0. The maximum atomic E-state index is 10.6. The van der Waals surface area contributed by atoms with Crippen molar-refractivity contribution in [1.82, 2.24) is 0 Å². The molecule has 9 heavy (non-hydrogen) atoms. The number of ketones is 1. The van der Waals surface area contributed by atoms with Gasteiger partial charge in [-0.3, -0.25) is 4.79 Å². The average Bonchev–Trinajstić information content (AvgIpc) is 1.83. The minimum absolute atomic E-state index is 0.0987. The zero-order valence-corrected chi connectivity index (χ0v) is 6.73. The minimum atomic E-state index is 0.0987. The topological polar surface area (TPSA) is 34.1 Å². The van der Waals surface area contributed by atoms with Gasteiger partial charge in [-0.05, 0) is 13.6 Å². The van der Waals surface area contributed by atoms with Crippen molar-refractivity contribution in [1.29, 1.82) is 0 Å². The standard InChI is InChI=1S/C6H11O2P/c1-5(7)3-4-6(8)9-2/h9H,3-4H2,1-2H3. The number of rotatable bonds is 4. The Morgan fingerprint density at radius 2 is 1.89 bits per heavy atom. The molecule has 0 radical (unpaired) electrons. The van der Waals surface area contributed by atoms with Crippen molar-refractivity contribution < 1.29 is 9.59 Å². The number of hydrogen-bond acceptors (Lipinski definition) is 2. The summed E-state index contributed by atoms with van der Waals surface area (Å²) in [6.07, 6.45) is 0.851. The van der Waals surface area contributed by atoms with Crippen LogP contribution in [0.15, 0.2) is 0 Å². The van der Waals surface area contributed by atoms with Crippen LogP contribution in [0.4, 0.5) is 0 Å². The smallest absolute Gasteiger partial charge is 0.151 e. The predicted octanol–water partition coefficient (Wildman–Crippen LogP) is 1.19. The first-order valence-corrected chi connectivity index (χ1v) is 4.37. The number of carbonyl (C=O) groups is 2. The Morgan fingerprint density at radius 3 is 2.22 bits per heavy atom. The molecule has 0 aromatic heterocycles. The van der Waals surface area contributed by atoms with Crippen LogP contribution in [0, 0.1) is 0 Å². The first-order chi connectivity index (χ1) is 4.16. The maximum absolute atomic E-state index is 10.6. The summed E-state index contributed by atoms with van der Waals surface area (Å²) >= 11 is 0. The van der Waals surface area contributed by atoms with E-state index in [1.807, 2.05) is 6.66 Å². The van der Waals surface area contributed by atoms with Gasteiger partial charge in [0.15, 0.2) is 5.52 Å². The number of hydrogen-bond donors (Lipinski definition) is 0. The molecule has 0 bridgehead atoms. The van der Waals surface area contributed by atoms with Crippen LogP contribution in [0.2, 0.25) is 0 Å². The molecule has 0 amide bonds. The minimum Gasteiger partial charge on any atom is -0.300 e. The van der Waals surface area contributed by atoms with E-state index >= 15 is 0 Å². The fourth-order valence-electron chi connectivity index (χ4n) is 0.415. The van der Waals surface area contributed by atoms with Crippen molar-refractivity contribution in [3.63, 3.8) is 0 Å².